The van der Waals surface area contributed by atoms with Crippen molar-refractivity contribution in [3.8, 4) is 5.69 Å². The van der Waals surface area contributed by atoms with E-state index < -0.39 is 11.9 Å². The number of rotatable bonds is 4. The second kappa shape index (κ2) is 7.04. The summed E-state index contributed by atoms with van der Waals surface area (Å²) in [6.07, 6.45) is 2.66. The molecule has 1 saturated heterocycles. The number of piperidine rings is 1. The molecule has 156 valence electrons. The number of nitrogens with zero attached hydrogens (tertiary/aromatic N) is 4. The van der Waals surface area contributed by atoms with E-state index in [1.54, 1.807) is 4.68 Å². The van der Waals surface area contributed by atoms with E-state index in [0.29, 0.717) is 11.3 Å². The van der Waals surface area contributed by atoms with Crippen LogP contribution in [0.2, 0.25) is 0 Å². The smallest absolute Gasteiger partial charge is 0.354 e. The van der Waals surface area contributed by atoms with Crippen molar-refractivity contribution in [2.75, 3.05) is 18.0 Å². The van der Waals surface area contributed by atoms with E-state index in [2.05, 4.69) is 4.98 Å². The van der Waals surface area contributed by atoms with Gasteiger partial charge in [0, 0.05) is 31.8 Å². The molecule has 1 N–H and O–H groups in total. The van der Waals surface area contributed by atoms with E-state index >= 15 is 0 Å². The molecule has 8 heteroatoms. The van der Waals surface area contributed by atoms with E-state index in [4.69, 9.17) is 5.10 Å². The third-order valence-corrected chi connectivity index (χ3v) is 6.19. The van der Waals surface area contributed by atoms with Gasteiger partial charge in [0.05, 0.1) is 22.5 Å². The van der Waals surface area contributed by atoms with Crippen LogP contribution in [0.3, 0.4) is 0 Å². The lowest BCUT2D eigenvalue weighted by Gasteiger charge is -2.34. The predicted octanol–water partition coefficient (Wildman–Crippen LogP) is 4.62. The van der Waals surface area contributed by atoms with E-state index in [0.717, 1.165) is 36.0 Å². The minimum absolute atomic E-state index is 0.105. The Balaban J connectivity index is 1.74. The van der Waals surface area contributed by atoms with Crippen LogP contribution >= 0.6 is 0 Å². The summed E-state index contributed by atoms with van der Waals surface area (Å²) in [5, 5.41) is 15.3. The molecule has 30 heavy (non-hydrogen) atoms. The average Bonchev–Trinajstić information content (AvgIpc) is 3.06. The molecule has 1 saturated carbocycles. The van der Waals surface area contributed by atoms with Gasteiger partial charge in [-0.05, 0) is 31.0 Å². The topological polar surface area (TPSA) is 71.2 Å². The summed E-state index contributed by atoms with van der Waals surface area (Å²) in [6, 6.07) is 11.0. The molecule has 1 aliphatic heterocycles. The van der Waals surface area contributed by atoms with Crippen molar-refractivity contribution < 1.29 is 18.7 Å². The number of pyridine rings is 1. The lowest BCUT2D eigenvalue weighted by molar-refractivity contribution is -0.0220. The maximum absolute atomic E-state index is 13.8. The largest absolute Gasteiger partial charge is 0.477 e. The van der Waals surface area contributed by atoms with Crippen LogP contribution in [-0.4, -0.2) is 44.9 Å². The Kier molecular flexibility index (Phi) is 4.45. The highest BCUT2D eigenvalue weighted by molar-refractivity contribution is 5.98. The number of benzene rings is 1. The molecule has 0 bridgehead atoms. The lowest BCUT2D eigenvalue weighted by atomic mass is 9.82. The number of aromatic nitrogens is 3. The van der Waals surface area contributed by atoms with Crippen LogP contribution in [0.1, 0.15) is 54.2 Å². The molecular formula is C22H22F2N4O2. The first kappa shape index (κ1) is 19.0. The molecule has 0 unspecified atom stereocenters. The van der Waals surface area contributed by atoms with Crippen molar-refractivity contribution in [1.82, 2.24) is 14.8 Å². The number of carboxylic acids is 1. The van der Waals surface area contributed by atoms with Crippen LogP contribution in [0.4, 0.5) is 14.5 Å². The van der Waals surface area contributed by atoms with Gasteiger partial charge in [-0.1, -0.05) is 24.6 Å². The molecule has 6 nitrogen and oxygen atoms in total. The second-order valence-electron chi connectivity index (χ2n) is 8.13. The minimum atomic E-state index is -2.68. The lowest BCUT2D eigenvalue weighted by Crippen LogP contribution is -2.39. The van der Waals surface area contributed by atoms with Crippen molar-refractivity contribution in [2.24, 2.45) is 0 Å². The number of alkyl halides is 2. The number of hydrogen-bond acceptors (Lipinski definition) is 4. The van der Waals surface area contributed by atoms with Gasteiger partial charge in [-0.15, -0.1) is 0 Å². The first-order chi connectivity index (χ1) is 14.4. The highest BCUT2D eigenvalue weighted by atomic mass is 19.3. The fourth-order valence-electron chi connectivity index (χ4n) is 4.27. The van der Waals surface area contributed by atoms with Crippen molar-refractivity contribution >= 4 is 22.7 Å². The quantitative estimate of drug-likeness (QED) is 0.677. The predicted molar refractivity (Wildman–Crippen MR) is 109 cm³/mol. The maximum Gasteiger partial charge on any atom is 0.354 e. The maximum atomic E-state index is 13.8. The number of carboxylic acid groups (broad SMARTS) is 1. The highest BCUT2D eigenvalue weighted by Crippen LogP contribution is 2.43. The highest BCUT2D eigenvalue weighted by Gasteiger charge is 2.36. The molecule has 2 fully saturated rings. The van der Waals surface area contributed by atoms with Crippen LogP contribution in [0.25, 0.3) is 16.7 Å². The molecule has 0 amide bonds. The number of anilines is 1. The van der Waals surface area contributed by atoms with Crippen LogP contribution < -0.4 is 4.90 Å². The summed E-state index contributed by atoms with van der Waals surface area (Å²) in [4.78, 5) is 18.1. The molecule has 2 aliphatic rings. The fourth-order valence-corrected chi connectivity index (χ4v) is 4.27. The van der Waals surface area contributed by atoms with Crippen LogP contribution in [0.15, 0.2) is 36.4 Å². The Morgan fingerprint density at radius 3 is 2.43 bits per heavy atom. The van der Waals surface area contributed by atoms with Crippen LogP contribution in [0.5, 0.6) is 0 Å². The number of para-hydroxylation sites is 1. The monoisotopic (exact) mass is 412 g/mol. The molecule has 0 spiro atoms. The summed E-state index contributed by atoms with van der Waals surface area (Å²) in [5.41, 5.74) is 2.69. The van der Waals surface area contributed by atoms with Crippen LogP contribution in [0, 0.1) is 0 Å². The van der Waals surface area contributed by atoms with Gasteiger partial charge in [0.15, 0.2) is 11.3 Å². The summed E-state index contributed by atoms with van der Waals surface area (Å²) < 4.78 is 29.2. The molecule has 0 radical (unpaired) electrons. The van der Waals surface area contributed by atoms with Crippen molar-refractivity contribution in [3.05, 3.63) is 47.8 Å². The van der Waals surface area contributed by atoms with E-state index in [1.165, 1.54) is 6.07 Å². The Bertz CT molecular complexity index is 1100. The van der Waals surface area contributed by atoms with Gasteiger partial charge in [-0.25, -0.2) is 23.2 Å². The zero-order valence-electron chi connectivity index (χ0n) is 16.4. The average molecular weight is 412 g/mol. The SMILES string of the molecule is O=C(O)c1cc(N2CCC(F)(F)CC2)c2c(C3CCC3)nn(-c3ccccc3)c2n1. The van der Waals surface area contributed by atoms with Gasteiger partial charge in [-0.2, -0.15) is 5.10 Å². The molecule has 0 atom stereocenters. The van der Waals surface area contributed by atoms with Gasteiger partial charge in [0.1, 0.15) is 0 Å². The standard InChI is InChI=1S/C22H22F2N4O2/c23-22(24)9-11-27(12-10-22)17-13-16(21(29)30)25-20-18(17)19(14-5-4-6-14)26-28(20)15-7-2-1-3-8-15/h1-3,7-8,13-14H,4-6,9-12H2,(H,29,30). The Morgan fingerprint density at radius 2 is 1.83 bits per heavy atom. The third kappa shape index (κ3) is 3.20. The Labute approximate surface area is 172 Å². The van der Waals surface area contributed by atoms with Gasteiger partial charge >= 0.3 is 5.97 Å². The van der Waals surface area contributed by atoms with Gasteiger partial charge in [-0.3, -0.25) is 0 Å². The zero-order chi connectivity index (χ0) is 20.9. The van der Waals surface area contributed by atoms with E-state index in [1.807, 2.05) is 35.2 Å². The first-order valence-electron chi connectivity index (χ1n) is 10.3. The number of halogens is 2. The number of hydrogen-bond donors (Lipinski definition) is 1. The second-order valence-corrected chi connectivity index (χ2v) is 8.13. The van der Waals surface area contributed by atoms with Crippen LogP contribution in [-0.2, 0) is 0 Å². The van der Waals surface area contributed by atoms with Gasteiger partial charge in [0.25, 0.3) is 5.92 Å². The van der Waals surface area contributed by atoms with E-state index in [9.17, 15) is 18.7 Å². The fraction of sp³-hybridized carbons (Fsp3) is 0.409. The van der Waals surface area contributed by atoms with Gasteiger partial charge < -0.3 is 10.0 Å². The Hall–Kier alpha value is -3.03. The molecule has 3 heterocycles. The third-order valence-electron chi connectivity index (χ3n) is 6.19. The summed E-state index contributed by atoms with van der Waals surface area (Å²) in [7, 11) is 0. The van der Waals surface area contributed by atoms with Crippen molar-refractivity contribution in [3.63, 3.8) is 0 Å². The van der Waals surface area contributed by atoms with E-state index in [-0.39, 0.29) is 37.5 Å². The zero-order valence-corrected chi connectivity index (χ0v) is 16.4. The van der Waals surface area contributed by atoms with Gasteiger partial charge in [0.2, 0.25) is 0 Å². The number of carbonyl (C=O) groups is 1. The number of aromatic carboxylic acids is 1. The molecular weight excluding hydrogens is 390 g/mol. The van der Waals surface area contributed by atoms with Crippen molar-refractivity contribution in [2.45, 2.75) is 43.9 Å². The molecule has 2 aromatic heterocycles. The molecule has 1 aromatic carbocycles. The summed E-state index contributed by atoms with van der Waals surface area (Å²) in [6.45, 7) is 0.345. The first-order valence-corrected chi connectivity index (χ1v) is 10.3. The normalized spacial score (nSPS) is 19.1. The summed E-state index contributed by atoms with van der Waals surface area (Å²) in [5.74, 6) is -3.55. The molecule has 1 aliphatic carbocycles. The molecule has 3 aromatic rings. The summed E-state index contributed by atoms with van der Waals surface area (Å²) >= 11 is 0. The van der Waals surface area contributed by atoms with Crippen molar-refractivity contribution in [1.29, 1.82) is 0 Å². The Morgan fingerprint density at radius 1 is 1.13 bits per heavy atom. The number of fused-ring (bicyclic) bond motifs is 1. The minimum Gasteiger partial charge on any atom is -0.477 e. The molecule has 5 rings (SSSR count).